The van der Waals surface area contributed by atoms with Gasteiger partial charge in [0.25, 0.3) is 0 Å². The second kappa shape index (κ2) is 6.10. The SMILES string of the molecule is CC(C)(C)[C@H](N)C(=O)Nc1cccc(Cn2cccn2)c1. The Kier molecular flexibility index (Phi) is 4.43. The quantitative estimate of drug-likeness (QED) is 0.905. The molecule has 2 rings (SSSR count). The monoisotopic (exact) mass is 286 g/mol. The molecule has 1 heterocycles. The maximum Gasteiger partial charge on any atom is 0.241 e. The van der Waals surface area contributed by atoms with Crippen LogP contribution in [-0.4, -0.2) is 21.7 Å². The van der Waals surface area contributed by atoms with Crippen LogP contribution >= 0.6 is 0 Å². The van der Waals surface area contributed by atoms with Crippen LogP contribution in [0.15, 0.2) is 42.7 Å². The first-order valence-electron chi connectivity index (χ1n) is 6.99. The van der Waals surface area contributed by atoms with Gasteiger partial charge in [-0.15, -0.1) is 0 Å². The van der Waals surface area contributed by atoms with Crippen molar-refractivity contribution in [2.75, 3.05) is 5.32 Å². The molecule has 112 valence electrons. The maximum atomic E-state index is 12.1. The molecule has 0 spiro atoms. The molecule has 5 heteroatoms. The predicted octanol–water partition coefficient (Wildman–Crippen LogP) is 2.24. The topological polar surface area (TPSA) is 72.9 Å². The van der Waals surface area contributed by atoms with Crippen molar-refractivity contribution < 1.29 is 4.79 Å². The number of aromatic nitrogens is 2. The van der Waals surface area contributed by atoms with Crippen LogP contribution in [0.3, 0.4) is 0 Å². The number of nitrogens with two attached hydrogens (primary N) is 1. The van der Waals surface area contributed by atoms with Crippen molar-refractivity contribution in [1.29, 1.82) is 0 Å². The highest BCUT2D eigenvalue weighted by Gasteiger charge is 2.27. The number of carbonyl (C=O) groups excluding carboxylic acids is 1. The fraction of sp³-hybridized carbons (Fsp3) is 0.375. The number of hydrogen-bond acceptors (Lipinski definition) is 3. The minimum atomic E-state index is -0.549. The van der Waals surface area contributed by atoms with Gasteiger partial charge in [-0.25, -0.2) is 0 Å². The van der Waals surface area contributed by atoms with Crippen molar-refractivity contribution >= 4 is 11.6 Å². The van der Waals surface area contributed by atoms with Crippen LogP contribution in [0.1, 0.15) is 26.3 Å². The summed E-state index contributed by atoms with van der Waals surface area (Å²) in [6.07, 6.45) is 3.65. The Morgan fingerprint density at radius 1 is 1.38 bits per heavy atom. The molecule has 0 saturated carbocycles. The molecule has 0 unspecified atom stereocenters. The predicted molar refractivity (Wildman–Crippen MR) is 83.8 cm³/mol. The second-order valence-corrected chi connectivity index (χ2v) is 6.24. The number of nitrogens with zero attached hydrogens (tertiary/aromatic N) is 2. The minimum absolute atomic E-state index is 0.168. The van der Waals surface area contributed by atoms with Gasteiger partial charge in [0.15, 0.2) is 0 Å². The molecule has 1 aromatic carbocycles. The molecule has 0 aliphatic heterocycles. The van der Waals surface area contributed by atoms with Gasteiger partial charge in [-0.05, 0) is 29.2 Å². The standard InChI is InChI=1S/C16H22N4O/c1-16(2,3)14(17)15(21)19-13-7-4-6-12(10-13)11-20-9-5-8-18-20/h4-10,14H,11,17H2,1-3H3,(H,19,21)/t14-/m1/s1. The van der Waals surface area contributed by atoms with Crippen molar-refractivity contribution in [2.45, 2.75) is 33.4 Å². The average molecular weight is 286 g/mol. The lowest BCUT2D eigenvalue weighted by Crippen LogP contribution is -2.45. The Balaban J connectivity index is 2.06. The molecule has 0 aliphatic rings. The summed E-state index contributed by atoms with van der Waals surface area (Å²) in [4.78, 5) is 12.1. The summed E-state index contributed by atoms with van der Waals surface area (Å²) in [7, 11) is 0. The van der Waals surface area contributed by atoms with E-state index in [1.165, 1.54) is 0 Å². The van der Waals surface area contributed by atoms with Crippen molar-refractivity contribution in [3.05, 3.63) is 48.3 Å². The van der Waals surface area contributed by atoms with E-state index in [0.717, 1.165) is 11.3 Å². The highest BCUT2D eigenvalue weighted by atomic mass is 16.2. The van der Waals surface area contributed by atoms with Crippen LogP contribution in [0, 0.1) is 5.41 Å². The van der Waals surface area contributed by atoms with E-state index in [0.29, 0.717) is 6.54 Å². The van der Waals surface area contributed by atoms with E-state index in [-0.39, 0.29) is 11.3 Å². The molecular formula is C16H22N4O. The van der Waals surface area contributed by atoms with Gasteiger partial charge in [0, 0.05) is 18.1 Å². The Labute approximate surface area is 125 Å². The highest BCUT2D eigenvalue weighted by Crippen LogP contribution is 2.19. The van der Waals surface area contributed by atoms with Gasteiger partial charge in [-0.3, -0.25) is 9.48 Å². The number of hydrogen-bond donors (Lipinski definition) is 2. The van der Waals surface area contributed by atoms with Crippen LogP contribution in [-0.2, 0) is 11.3 Å². The Bertz CT molecular complexity index is 599. The zero-order valence-corrected chi connectivity index (χ0v) is 12.7. The van der Waals surface area contributed by atoms with Gasteiger partial charge in [0.05, 0.1) is 12.6 Å². The molecule has 0 radical (unpaired) electrons. The number of amides is 1. The van der Waals surface area contributed by atoms with Gasteiger partial charge in [0.1, 0.15) is 0 Å². The lowest BCUT2D eigenvalue weighted by Gasteiger charge is -2.25. The zero-order chi connectivity index (χ0) is 15.5. The second-order valence-electron chi connectivity index (χ2n) is 6.24. The first-order chi connectivity index (χ1) is 9.86. The summed E-state index contributed by atoms with van der Waals surface area (Å²) in [6, 6.07) is 9.05. The molecule has 0 bridgehead atoms. The lowest BCUT2D eigenvalue weighted by molar-refractivity contribution is -0.119. The van der Waals surface area contributed by atoms with Gasteiger partial charge in [-0.1, -0.05) is 32.9 Å². The largest absolute Gasteiger partial charge is 0.325 e. The average Bonchev–Trinajstić information content (AvgIpc) is 2.90. The van der Waals surface area contributed by atoms with E-state index < -0.39 is 6.04 Å². The van der Waals surface area contributed by atoms with Crippen molar-refractivity contribution in [3.8, 4) is 0 Å². The van der Waals surface area contributed by atoms with E-state index in [1.807, 2.05) is 62.0 Å². The van der Waals surface area contributed by atoms with E-state index in [2.05, 4.69) is 10.4 Å². The van der Waals surface area contributed by atoms with Crippen molar-refractivity contribution in [1.82, 2.24) is 9.78 Å². The summed E-state index contributed by atoms with van der Waals surface area (Å²) < 4.78 is 1.84. The van der Waals surface area contributed by atoms with Crippen LogP contribution in [0.2, 0.25) is 0 Å². The highest BCUT2D eigenvalue weighted by molar-refractivity contribution is 5.95. The normalized spacial score (nSPS) is 13.0. The molecule has 2 aromatic rings. The van der Waals surface area contributed by atoms with Crippen LogP contribution < -0.4 is 11.1 Å². The third-order valence-corrected chi connectivity index (χ3v) is 3.31. The van der Waals surface area contributed by atoms with Crippen molar-refractivity contribution in [3.63, 3.8) is 0 Å². The number of carbonyl (C=O) groups is 1. The first kappa shape index (κ1) is 15.3. The molecule has 3 N–H and O–H groups in total. The number of benzene rings is 1. The van der Waals surface area contributed by atoms with Gasteiger partial charge < -0.3 is 11.1 Å². The molecule has 1 aromatic heterocycles. The smallest absolute Gasteiger partial charge is 0.241 e. The maximum absolute atomic E-state index is 12.1. The molecule has 1 amide bonds. The number of rotatable bonds is 4. The fourth-order valence-corrected chi connectivity index (χ4v) is 1.94. The van der Waals surface area contributed by atoms with Gasteiger partial charge >= 0.3 is 0 Å². The number of nitrogens with one attached hydrogen (secondary N) is 1. The van der Waals surface area contributed by atoms with Crippen LogP contribution in [0.25, 0.3) is 0 Å². The Morgan fingerprint density at radius 3 is 2.76 bits per heavy atom. The molecule has 0 fully saturated rings. The van der Waals surface area contributed by atoms with E-state index in [9.17, 15) is 4.79 Å². The summed E-state index contributed by atoms with van der Waals surface area (Å²) in [5.41, 5.74) is 7.52. The molecule has 1 atom stereocenters. The fourth-order valence-electron chi connectivity index (χ4n) is 1.94. The Morgan fingerprint density at radius 2 is 2.14 bits per heavy atom. The molecule has 21 heavy (non-hydrogen) atoms. The zero-order valence-electron chi connectivity index (χ0n) is 12.7. The summed E-state index contributed by atoms with van der Waals surface area (Å²) in [5.74, 6) is -0.168. The molecule has 0 aliphatic carbocycles. The number of anilines is 1. The van der Waals surface area contributed by atoms with E-state index in [4.69, 9.17) is 5.73 Å². The summed E-state index contributed by atoms with van der Waals surface area (Å²) in [5, 5.41) is 7.05. The third-order valence-electron chi connectivity index (χ3n) is 3.31. The third kappa shape index (κ3) is 4.16. The van der Waals surface area contributed by atoms with Gasteiger partial charge in [0.2, 0.25) is 5.91 Å². The van der Waals surface area contributed by atoms with Crippen LogP contribution in [0.5, 0.6) is 0 Å². The summed E-state index contributed by atoms with van der Waals surface area (Å²) in [6.45, 7) is 6.52. The minimum Gasteiger partial charge on any atom is -0.325 e. The lowest BCUT2D eigenvalue weighted by atomic mass is 9.87. The molecular weight excluding hydrogens is 264 g/mol. The molecule has 5 nitrogen and oxygen atoms in total. The van der Waals surface area contributed by atoms with E-state index in [1.54, 1.807) is 6.20 Å². The van der Waals surface area contributed by atoms with Crippen LogP contribution in [0.4, 0.5) is 5.69 Å². The van der Waals surface area contributed by atoms with Gasteiger partial charge in [-0.2, -0.15) is 5.10 Å². The van der Waals surface area contributed by atoms with E-state index >= 15 is 0 Å². The Hall–Kier alpha value is -2.14. The van der Waals surface area contributed by atoms with Crippen molar-refractivity contribution in [2.24, 2.45) is 11.1 Å². The molecule has 0 saturated heterocycles. The summed E-state index contributed by atoms with van der Waals surface area (Å²) >= 11 is 0. The first-order valence-corrected chi connectivity index (χ1v) is 6.99.